The van der Waals surface area contributed by atoms with Crippen molar-refractivity contribution in [1.82, 2.24) is 10.2 Å². The molecule has 1 aliphatic carbocycles. The lowest BCUT2D eigenvalue weighted by molar-refractivity contribution is 0.352. The summed E-state index contributed by atoms with van der Waals surface area (Å²) in [5, 5.41) is 4.28. The van der Waals surface area contributed by atoms with Crippen molar-refractivity contribution >= 4 is 17.3 Å². The summed E-state index contributed by atoms with van der Waals surface area (Å²) in [6.07, 6.45) is 3.78. The maximum atomic E-state index is 5.39. The first-order chi connectivity index (χ1) is 6.65. The van der Waals surface area contributed by atoms with Gasteiger partial charge in [0.2, 0.25) is 0 Å². The van der Waals surface area contributed by atoms with Gasteiger partial charge >= 0.3 is 0 Å². The smallest absolute Gasteiger partial charge is 0.169 e. The standard InChI is InChI=1S/C11H22N2S/c1-4-7-12-11(14)13(8-9(2)3)10-5-6-10/h9-10H,4-8H2,1-3H3,(H,12,14). The van der Waals surface area contributed by atoms with Crippen LogP contribution in [0.4, 0.5) is 0 Å². The lowest BCUT2D eigenvalue weighted by Crippen LogP contribution is -2.43. The van der Waals surface area contributed by atoms with Crippen LogP contribution in [-0.4, -0.2) is 29.1 Å². The highest BCUT2D eigenvalue weighted by atomic mass is 32.1. The van der Waals surface area contributed by atoms with E-state index in [0.29, 0.717) is 5.92 Å². The van der Waals surface area contributed by atoms with Gasteiger partial charge in [-0.05, 0) is 37.4 Å². The normalized spacial score (nSPS) is 15.7. The van der Waals surface area contributed by atoms with Crippen molar-refractivity contribution in [1.29, 1.82) is 0 Å². The third kappa shape index (κ3) is 3.82. The fourth-order valence-corrected chi connectivity index (χ4v) is 1.84. The summed E-state index contributed by atoms with van der Waals surface area (Å²) < 4.78 is 0. The average Bonchev–Trinajstić information content (AvgIpc) is 2.93. The van der Waals surface area contributed by atoms with Gasteiger partial charge in [0.1, 0.15) is 0 Å². The summed E-state index contributed by atoms with van der Waals surface area (Å²) in [6, 6.07) is 0.731. The van der Waals surface area contributed by atoms with Crippen LogP contribution in [0.5, 0.6) is 0 Å². The highest BCUT2D eigenvalue weighted by Gasteiger charge is 2.30. The van der Waals surface area contributed by atoms with Crippen LogP contribution in [-0.2, 0) is 0 Å². The Morgan fingerprint density at radius 1 is 1.50 bits per heavy atom. The van der Waals surface area contributed by atoms with E-state index in [-0.39, 0.29) is 0 Å². The van der Waals surface area contributed by atoms with Gasteiger partial charge in [0.25, 0.3) is 0 Å². The number of nitrogens with one attached hydrogen (secondary N) is 1. The Balaban J connectivity index is 2.36. The largest absolute Gasteiger partial charge is 0.363 e. The van der Waals surface area contributed by atoms with Gasteiger partial charge in [0.15, 0.2) is 5.11 Å². The molecule has 82 valence electrons. The van der Waals surface area contributed by atoms with E-state index in [2.05, 4.69) is 31.0 Å². The molecule has 2 nitrogen and oxygen atoms in total. The Bertz CT molecular complexity index is 188. The van der Waals surface area contributed by atoms with Gasteiger partial charge in [0, 0.05) is 19.1 Å². The summed E-state index contributed by atoms with van der Waals surface area (Å²) in [4.78, 5) is 2.37. The van der Waals surface area contributed by atoms with E-state index in [1.807, 2.05) is 0 Å². The molecule has 1 saturated carbocycles. The molecule has 1 rings (SSSR count). The van der Waals surface area contributed by atoms with Gasteiger partial charge in [-0.3, -0.25) is 0 Å². The van der Waals surface area contributed by atoms with Crippen LogP contribution in [0.3, 0.4) is 0 Å². The first-order valence-electron chi connectivity index (χ1n) is 5.69. The lowest BCUT2D eigenvalue weighted by Gasteiger charge is -2.27. The van der Waals surface area contributed by atoms with Crippen molar-refractivity contribution in [2.75, 3.05) is 13.1 Å². The van der Waals surface area contributed by atoms with Gasteiger partial charge in [-0.25, -0.2) is 0 Å². The summed E-state index contributed by atoms with van der Waals surface area (Å²) in [7, 11) is 0. The predicted molar refractivity (Wildman–Crippen MR) is 65.5 cm³/mol. The molecule has 0 radical (unpaired) electrons. The summed E-state index contributed by atoms with van der Waals surface area (Å²) in [6.45, 7) is 8.76. The summed E-state index contributed by atoms with van der Waals surface area (Å²) >= 11 is 5.39. The van der Waals surface area contributed by atoms with Gasteiger partial charge in [0.05, 0.1) is 0 Å². The number of hydrogen-bond donors (Lipinski definition) is 1. The van der Waals surface area contributed by atoms with Crippen molar-refractivity contribution in [2.24, 2.45) is 5.92 Å². The van der Waals surface area contributed by atoms with Crippen LogP contribution in [0.1, 0.15) is 40.0 Å². The number of thiocarbonyl (C=S) groups is 1. The van der Waals surface area contributed by atoms with Crippen LogP contribution < -0.4 is 5.32 Å². The molecule has 0 aromatic rings. The first kappa shape index (κ1) is 11.8. The zero-order valence-corrected chi connectivity index (χ0v) is 10.4. The van der Waals surface area contributed by atoms with Gasteiger partial charge in [-0.2, -0.15) is 0 Å². The minimum Gasteiger partial charge on any atom is -0.363 e. The molecule has 0 bridgehead atoms. The molecular formula is C11H22N2S. The molecule has 1 fully saturated rings. The Labute approximate surface area is 93.1 Å². The second-order valence-electron chi connectivity index (χ2n) is 4.51. The molecule has 0 aromatic heterocycles. The molecule has 1 aliphatic rings. The van der Waals surface area contributed by atoms with Crippen molar-refractivity contribution in [3.05, 3.63) is 0 Å². The summed E-state index contributed by atoms with van der Waals surface area (Å²) in [5.41, 5.74) is 0. The fraction of sp³-hybridized carbons (Fsp3) is 0.909. The molecule has 14 heavy (non-hydrogen) atoms. The van der Waals surface area contributed by atoms with Crippen molar-refractivity contribution < 1.29 is 0 Å². The zero-order valence-electron chi connectivity index (χ0n) is 9.55. The minimum atomic E-state index is 0.692. The van der Waals surface area contributed by atoms with E-state index in [1.165, 1.54) is 12.8 Å². The van der Waals surface area contributed by atoms with E-state index in [1.54, 1.807) is 0 Å². The second kappa shape index (κ2) is 5.54. The first-order valence-corrected chi connectivity index (χ1v) is 6.10. The third-order valence-corrected chi connectivity index (χ3v) is 2.72. The average molecular weight is 214 g/mol. The molecule has 0 aromatic carbocycles. The molecular weight excluding hydrogens is 192 g/mol. The number of rotatable bonds is 5. The molecule has 0 unspecified atom stereocenters. The van der Waals surface area contributed by atoms with Gasteiger partial charge in [-0.1, -0.05) is 20.8 Å². The fourth-order valence-electron chi connectivity index (χ4n) is 1.51. The van der Waals surface area contributed by atoms with Crippen molar-refractivity contribution in [3.63, 3.8) is 0 Å². The quantitative estimate of drug-likeness (QED) is 0.708. The Kier molecular flexibility index (Phi) is 4.66. The molecule has 0 spiro atoms. The van der Waals surface area contributed by atoms with Crippen molar-refractivity contribution in [2.45, 2.75) is 46.1 Å². The molecule has 0 aliphatic heterocycles. The lowest BCUT2D eigenvalue weighted by atomic mass is 10.2. The monoisotopic (exact) mass is 214 g/mol. The maximum absolute atomic E-state index is 5.39. The Morgan fingerprint density at radius 2 is 2.14 bits per heavy atom. The van der Waals surface area contributed by atoms with E-state index in [9.17, 15) is 0 Å². The van der Waals surface area contributed by atoms with Crippen molar-refractivity contribution in [3.8, 4) is 0 Å². The van der Waals surface area contributed by atoms with E-state index < -0.39 is 0 Å². The molecule has 0 amide bonds. The van der Waals surface area contributed by atoms with E-state index in [0.717, 1.165) is 30.7 Å². The maximum Gasteiger partial charge on any atom is 0.169 e. The SMILES string of the molecule is CCCNC(=S)N(CC(C)C)C1CC1. The summed E-state index contributed by atoms with van der Waals surface area (Å²) in [5.74, 6) is 0.692. The van der Waals surface area contributed by atoms with E-state index >= 15 is 0 Å². The minimum absolute atomic E-state index is 0.692. The third-order valence-electron chi connectivity index (χ3n) is 2.34. The van der Waals surface area contributed by atoms with Gasteiger partial charge < -0.3 is 10.2 Å². The van der Waals surface area contributed by atoms with Crippen LogP contribution in [0, 0.1) is 5.92 Å². The highest BCUT2D eigenvalue weighted by Crippen LogP contribution is 2.27. The topological polar surface area (TPSA) is 15.3 Å². The molecule has 3 heteroatoms. The number of hydrogen-bond acceptors (Lipinski definition) is 1. The zero-order chi connectivity index (χ0) is 10.6. The van der Waals surface area contributed by atoms with Crippen LogP contribution in [0.2, 0.25) is 0 Å². The van der Waals surface area contributed by atoms with Crippen LogP contribution >= 0.6 is 12.2 Å². The van der Waals surface area contributed by atoms with Crippen LogP contribution in [0.25, 0.3) is 0 Å². The predicted octanol–water partition coefficient (Wildman–Crippen LogP) is 2.39. The molecule has 0 heterocycles. The molecule has 0 atom stereocenters. The Morgan fingerprint density at radius 3 is 2.57 bits per heavy atom. The Hall–Kier alpha value is -0.310. The molecule has 0 saturated heterocycles. The van der Waals surface area contributed by atoms with E-state index in [4.69, 9.17) is 12.2 Å². The van der Waals surface area contributed by atoms with Crippen LogP contribution in [0.15, 0.2) is 0 Å². The molecule has 1 N–H and O–H groups in total. The van der Waals surface area contributed by atoms with Gasteiger partial charge in [-0.15, -0.1) is 0 Å². The highest BCUT2D eigenvalue weighted by molar-refractivity contribution is 7.80. The number of nitrogens with zero attached hydrogens (tertiary/aromatic N) is 1. The second-order valence-corrected chi connectivity index (χ2v) is 4.90.